The van der Waals surface area contributed by atoms with E-state index in [-0.39, 0.29) is 11.4 Å². The van der Waals surface area contributed by atoms with E-state index in [2.05, 4.69) is 5.32 Å². The van der Waals surface area contributed by atoms with Crippen molar-refractivity contribution in [3.05, 3.63) is 54.1 Å². The molecule has 0 radical (unpaired) electrons. The fourth-order valence-corrected chi connectivity index (χ4v) is 5.05. The van der Waals surface area contributed by atoms with E-state index in [0.29, 0.717) is 30.7 Å². The summed E-state index contributed by atoms with van der Waals surface area (Å²) >= 11 is 0. The number of anilines is 1. The number of hydrogen-bond donors (Lipinski definition) is 1. The highest BCUT2D eigenvalue weighted by Gasteiger charge is 2.38. The topological polar surface area (TPSA) is 102 Å². The number of nitrogens with one attached hydrogen (secondary N) is 1. The van der Waals surface area contributed by atoms with Crippen molar-refractivity contribution < 1.29 is 27.5 Å². The van der Waals surface area contributed by atoms with E-state index in [1.165, 1.54) is 23.5 Å². The van der Waals surface area contributed by atoms with Crippen molar-refractivity contribution in [3.8, 4) is 5.75 Å². The lowest BCUT2D eigenvalue weighted by Crippen LogP contribution is -2.48. The number of ether oxygens (including phenoxy) is 2. The second-order valence-electron chi connectivity index (χ2n) is 7.33. The maximum Gasteiger partial charge on any atom is 0.324 e. The number of benzene rings is 2. The Morgan fingerprint density at radius 3 is 2.58 bits per heavy atom. The third-order valence-corrected chi connectivity index (χ3v) is 6.97. The van der Waals surface area contributed by atoms with Crippen molar-refractivity contribution in [2.45, 2.75) is 37.1 Å². The Balaban J connectivity index is 1.64. The molecule has 31 heavy (non-hydrogen) atoms. The van der Waals surface area contributed by atoms with Crippen LogP contribution in [0.25, 0.3) is 0 Å². The summed E-state index contributed by atoms with van der Waals surface area (Å²) in [6, 6.07) is 12.3. The quantitative estimate of drug-likeness (QED) is 0.656. The first kappa shape index (κ1) is 22.8. The Bertz CT molecular complexity index is 1040. The van der Waals surface area contributed by atoms with Gasteiger partial charge in [0, 0.05) is 18.3 Å². The highest BCUT2D eigenvalue weighted by molar-refractivity contribution is 7.89. The Morgan fingerprint density at radius 2 is 1.87 bits per heavy atom. The van der Waals surface area contributed by atoms with Gasteiger partial charge in [-0.1, -0.05) is 23.8 Å². The Hall–Kier alpha value is -2.91. The first-order valence-corrected chi connectivity index (χ1v) is 11.4. The van der Waals surface area contributed by atoms with Gasteiger partial charge in [0.1, 0.15) is 11.8 Å². The third-order valence-electron chi connectivity index (χ3n) is 5.05. The van der Waals surface area contributed by atoms with Crippen LogP contribution in [0.1, 0.15) is 24.8 Å². The lowest BCUT2D eigenvalue weighted by molar-refractivity contribution is -0.152. The Kier molecular flexibility index (Phi) is 7.29. The summed E-state index contributed by atoms with van der Waals surface area (Å²) in [5.74, 6) is -0.671. The summed E-state index contributed by atoms with van der Waals surface area (Å²) in [5.41, 5.74) is 1.44. The molecule has 1 unspecified atom stereocenters. The van der Waals surface area contributed by atoms with Crippen LogP contribution in [0.3, 0.4) is 0 Å². The van der Waals surface area contributed by atoms with Gasteiger partial charge in [0.05, 0.1) is 12.0 Å². The number of piperidine rings is 1. The van der Waals surface area contributed by atoms with Gasteiger partial charge in [-0.3, -0.25) is 9.59 Å². The molecular formula is C22H26N2O6S. The number of hydrogen-bond acceptors (Lipinski definition) is 6. The summed E-state index contributed by atoms with van der Waals surface area (Å²) in [5, 5.41) is 2.62. The van der Waals surface area contributed by atoms with Crippen LogP contribution in [0.4, 0.5) is 5.69 Å². The van der Waals surface area contributed by atoms with Crippen molar-refractivity contribution in [3.63, 3.8) is 0 Å². The normalized spacial score (nSPS) is 17.0. The molecule has 1 saturated heterocycles. The molecule has 0 saturated carbocycles. The number of nitrogens with zero attached hydrogens (tertiary/aromatic N) is 1. The molecule has 9 heteroatoms. The van der Waals surface area contributed by atoms with E-state index in [4.69, 9.17) is 9.47 Å². The first-order chi connectivity index (χ1) is 14.8. The first-order valence-electron chi connectivity index (χ1n) is 10.0. The summed E-state index contributed by atoms with van der Waals surface area (Å²) in [6.45, 7) is 1.59. The largest absolute Gasteiger partial charge is 0.497 e. The van der Waals surface area contributed by atoms with Crippen LogP contribution in [0.5, 0.6) is 5.75 Å². The zero-order valence-electron chi connectivity index (χ0n) is 17.5. The van der Waals surface area contributed by atoms with Gasteiger partial charge in [0.2, 0.25) is 10.0 Å². The molecular weight excluding hydrogens is 420 g/mol. The lowest BCUT2D eigenvalue weighted by atomic mass is 10.1. The molecule has 1 heterocycles. The van der Waals surface area contributed by atoms with Gasteiger partial charge in [-0.15, -0.1) is 0 Å². The highest BCUT2D eigenvalue weighted by atomic mass is 32.2. The summed E-state index contributed by atoms with van der Waals surface area (Å²) in [7, 11) is -2.33. The van der Waals surface area contributed by atoms with Crippen LogP contribution in [-0.4, -0.2) is 50.9 Å². The van der Waals surface area contributed by atoms with Gasteiger partial charge >= 0.3 is 5.97 Å². The van der Waals surface area contributed by atoms with Gasteiger partial charge < -0.3 is 14.8 Å². The minimum Gasteiger partial charge on any atom is -0.497 e. The molecule has 1 amide bonds. The number of sulfonamides is 1. The maximum atomic E-state index is 13.1. The van der Waals surface area contributed by atoms with Crippen LogP contribution in [0.2, 0.25) is 0 Å². The number of aryl methyl sites for hydroxylation is 1. The third kappa shape index (κ3) is 5.62. The van der Waals surface area contributed by atoms with Crippen LogP contribution in [0, 0.1) is 6.92 Å². The van der Waals surface area contributed by atoms with Crippen molar-refractivity contribution in [2.24, 2.45) is 0 Å². The Morgan fingerprint density at radius 1 is 1.13 bits per heavy atom. The molecule has 1 N–H and O–H groups in total. The van der Waals surface area contributed by atoms with E-state index >= 15 is 0 Å². The average molecular weight is 447 g/mol. The van der Waals surface area contributed by atoms with E-state index in [1.54, 1.807) is 36.4 Å². The minimum atomic E-state index is -3.85. The van der Waals surface area contributed by atoms with Crippen LogP contribution in [-0.2, 0) is 24.3 Å². The average Bonchev–Trinajstić information content (AvgIpc) is 2.78. The summed E-state index contributed by atoms with van der Waals surface area (Å²) in [4.78, 5) is 25.0. The summed E-state index contributed by atoms with van der Waals surface area (Å²) in [6.07, 6.45) is 1.71. The van der Waals surface area contributed by atoms with Crippen molar-refractivity contribution in [2.75, 3.05) is 25.6 Å². The number of carbonyl (C=O) groups excluding carboxylic acids is 2. The highest BCUT2D eigenvalue weighted by Crippen LogP contribution is 2.26. The zero-order chi connectivity index (χ0) is 22.4. The van der Waals surface area contributed by atoms with Crippen molar-refractivity contribution >= 4 is 27.6 Å². The standard InChI is InChI=1S/C22H26N2O6S/c1-16-9-11-19(12-10-16)31(27,28)24-13-4-3-8-20(24)22(26)30-15-21(25)23-17-6-5-7-18(14-17)29-2/h5-7,9-12,14,20H,3-4,8,13,15H2,1-2H3,(H,23,25). The van der Waals surface area contributed by atoms with Crippen LogP contribution < -0.4 is 10.1 Å². The molecule has 1 fully saturated rings. The molecule has 8 nitrogen and oxygen atoms in total. The number of rotatable bonds is 7. The lowest BCUT2D eigenvalue weighted by Gasteiger charge is -2.33. The predicted octanol–water partition coefficient (Wildman–Crippen LogP) is 2.73. The molecule has 1 aliphatic heterocycles. The number of carbonyl (C=O) groups is 2. The smallest absolute Gasteiger partial charge is 0.324 e. The van der Waals surface area contributed by atoms with Crippen molar-refractivity contribution in [1.29, 1.82) is 0 Å². The van der Waals surface area contributed by atoms with Crippen LogP contribution in [0.15, 0.2) is 53.4 Å². The minimum absolute atomic E-state index is 0.133. The number of esters is 1. The second-order valence-corrected chi connectivity index (χ2v) is 9.22. The Labute approximate surface area is 182 Å². The maximum absolute atomic E-state index is 13.1. The van der Waals surface area contributed by atoms with E-state index in [1.807, 2.05) is 6.92 Å². The molecule has 1 atom stereocenters. The SMILES string of the molecule is COc1cccc(NC(=O)COC(=O)C2CCCCN2S(=O)(=O)c2ccc(C)cc2)c1. The fraction of sp³-hybridized carbons (Fsp3) is 0.364. The van der Waals surface area contributed by atoms with E-state index < -0.39 is 34.5 Å². The van der Waals surface area contributed by atoms with E-state index in [0.717, 1.165) is 5.56 Å². The molecule has 3 rings (SSSR count). The predicted molar refractivity (Wildman–Crippen MR) is 115 cm³/mol. The zero-order valence-corrected chi connectivity index (χ0v) is 18.4. The van der Waals surface area contributed by atoms with Crippen LogP contribution >= 0.6 is 0 Å². The van der Waals surface area contributed by atoms with Crippen molar-refractivity contribution in [1.82, 2.24) is 4.31 Å². The van der Waals surface area contributed by atoms with Gasteiger partial charge in [-0.05, 0) is 50.5 Å². The monoisotopic (exact) mass is 446 g/mol. The molecule has 0 aromatic heterocycles. The molecule has 1 aliphatic rings. The van der Waals surface area contributed by atoms with Gasteiger partial charge in [-0.2, -0.15) is 4.31 Å². The number of amides is 1. The molecule has 2 aromatic rings. The second kappa shape index (κ2) is 9.93. The number of methoxy groups -OCH3 is 1. The molecule has 0 spiro atoms. The molecule has 166 valence electrons. The molecule has 0 aliphatic carbocycles. The van der Waals surface area contributed by atoms with Gasteiger partial charge in [-0.25, -0.2) is 8.42 Å². The fourth-order valence-electron chi connectivity index (χ4n) is 3.40. The van der Waals surface area contributed by atoms with E-state index in [9.17, 15) is 18.0 Å². The molecule has 2 aromatic carbocycles. The molecule has 0 bridgehead atoms. The van der Waals surface area contributed by atoms with Gasteiger partial charge in [0.25, 0.3) is 5.91 Å². The van der Waals surface area contributed by atoms with Gasteiger partial charge in [0.15, 0.2) is 6.61 Å². The summed E-state index contributed by atoms with van der Waals surface area (Å²) < 4.78 is 37.6.